The number of aryl methyl sites for hydroxylation is 1. The van der Waals surface area contributed by atoms with E-state index in [0.717, 1.165) is 24.9 Å². The lowest BCUT2D eigenvalue weighted by atomic mass is 9.92. The Morgan fingerprint density at radius 1 is 1.32 bits per heavy atom. The molecule has 0 aliphatic heterocycles. The average molecular weight is 258 g/mol. The Kier molecular flexibility index (Phi) is 3.53. The van der Waals surface area contributed by atoms with Gasteiger partial charge in [-0.1, -0.05) is 6.07 Å². The van der Waals surface area contributed by atoms with Crippen molar-refractivity contribution in [3.05, 3.63) is 30.1 Å². The second-order valence-corrected chi connectivity index (χ2v) is 5.67. The molecule has 0 atom stereocenters. The SMILES string of the molecule is Cn1cnc2cc(CNC3CCC(N)CC3)ccc21. The van der Waals surface area contributed by atoms with Crippen LogP contribution in [0.3, 0.4) is 0 Å². The molecule has 3 N–H and O–H groups in total. The molecule has 0 unspecified atom stereocenters. The van der Waals surface area contributed by atoms with E-state index in [2.05, 4.69) is 33.1 Å². The van der Waals surface area contributed by atoms with Crippen LogP contribution in [-0.2, 0) is 13.6 Å². The number of imidazole rings is 1. The molecule has 1 heterocycles. The van der Waals surface area contributed by atoms with Gasteiger partial charge in [-0.15, -0.1) is 0 Å². The normalized spacial score (nSPS) is 23.9. The molecule has 1 aliphatic carbocycles. The van der Waals surface area contributed by atoms with Crippen LogP contribution in [0.5, 0.6) is 0 Å². The molecule has 0 amide bonds. The highest BCUT2D eigenvalue weighted by Gasteiger charge is 2.17. The summed E-state index contributed by atoms with van der Waals surface area (Å²) >= 11 is 0. The molecule has 1 aliphatic rings. The van der Waals surface area contributed by atoms with Gasteiger partial charge in [-0.05, 0) is 43.4 Å². The molecule has 1 saturated carbocycles. The van der Waals surface area contributed by atoms with Crippen molar-refractivity contribution in [3.8, 4) is 0 Å². The zero-order valence-corrected chi connectivity index (χ0v) is 11.5. The fraction of sp³-hybridized carbons (Fsp3) is 0.533. The summed E-state index contributed by atoms with van der Waals surface area (Å²) in [4.78, 5) is 4.40. The van der Waals surface area contributed by atoms with Crippen molar-refractivity contribution in [1.29, 1.82) is 0 Å². The summed E-state index contributed by atoms with van der Waals surface area (Å²) in [5, 5.41) is 3.64. The van der Waals surface area contributed by atoms with Gasteiger partial charge < -0.3 is 15.6 Å². The van der Waals surface area contributed by atoms with Crippen LogP contribution in [-0.4, -0.2) is 21.6 Å². The van der Waals surface area contributed by atoms with E-state index in [9.17, 15) is 0 Å². The lowest BCUT2D eigenvalue weighted by Crippen LogP contribution is -2.37. The van der Waals surface area contributed by atoms with Gasteiger partial charge in [0.15, 0.2) is 0 Å². The number of hydrogen-bond donors (Lipinski definition) is 2. The molecule has 3 rings (SSSR count). The summed E-state index contributed by atoms with van der Waals surface area (Å²) in [5.74, 6) is 0. The van der Waals surface area contributed by atoms with E-state index in [1.807, 2.05) is 13.4 Å². The maximum atomic E-state index is 5.93. The van der Waals surface area contributed by atoms with Crippen molar-refractivity contribution in [1.82, 2.24) is 14.9 Å². The largest absolute Gasteiger partial charge is 0.334 e. The quantitative estimate of drug-likeness (QED) is 0.884. The first-order valence-corrected chi connectivity index (χ1v) is 7.11. The number of rotatable bonds is 3. The highest BCUT2D eigenvalue weighted by molar-refractivity contribution is 5.75. The second kappa shape index (κ2) is 5.31. The van der Waals surface area contributed by atoms with E-state index in [-0.39, 0.29) is 0 Å². The molecule has 0 radical (unpaired) electrons. The number of aromatic nitrogens is 2. The van der Waals surface area contributed by atoms with Gasteiger partial charge >= 0.3 is 0 Å². The number of nitrogens with one attached hydrogen (secondary N) is 1. The lowest BCUT2D eigenvalue weighted by Gasteiger charge is -2.27. The molecule has 0 saturated heterocycles. The minimum absolute atomic E-state index is 0.419. The molecule has 1 fully saturated rings. The molecule has 4 heteroatoms. The van der Waals surface area contributed by atoms with E-state index in [4.69, 9.17) is 5.73 Å². The van der Waals surface area contributed by atoms with Crippen LogP contribution < -0.4 is 11.1 Å². The van der Waals surface area contributed by atoms with Gasteiger partial charge in [0.1, 0.15) is 0 Å². The van der Waals surface area contributed by atoms with Gasteiger partial charge in [-0.2, -0.15) is 0 Å². The van der Waals surface area contributed by atoms with Crippen molar-refractivity contribution in [2.24, 2.45) is 12.8 Å². The summed E-state index contributed by atoms with van der Waals surface area (Å²) in [6, 6.07) is 7.56. The Hall–Kier alpha value is -1.39. The molecule has 1 aromatic heterocycles. The van der Waals surface area contributed by atoms with Gasteiger partial charge in [0.05, 0.1) is 17.4 Å². The first kappa shape index (κ1) is 12.6. The zero-order chi connectivity index (χ0) is 13.2. The van der Waals surface area contributed by atoms with E-state index >= 15 is 0 Å². The fourth-order valence-corrected chi connectivity index (χ4v) is 2.88. The molecule has 1 aromatic carbocycles. The lowest BCUT2D eigenvalue weighted by molar-refractivity contribution is 0.342. The monoisotopic (exact) mass is 258 g/mol. The standard InChI is InChI=1S/C15H22N4/c1-19-10-18-14-8-11(2-7-15(14)19)9-17-13-5-3-12(16)4-6-13/h2,7-8,10,12-13,17H,3-6,9,16H2,1H3. The number of fused-ring (bicyclic) bond motifs is 1. The van der Waals surface area contributed by atoms with Gasteiger partial charge in [0.25, 0.3) is 0 Å². The first-order valence-electron chi connectivity index (χ1n) is 7.11. The smallest absolute Gasteiger partial charge is 0.0955 e. The molecule has 0 spiro atoms. The summed E-state index contributed by atoms with van der Waals surface area (Å²) in [6.45, 7) is 0.923. The van der Waals surface area contributed by atoms with Crippen molar-refractivity contribution >= 4 is 11.0 Å². The molecule has 19 heavy (non-hydrogen) atoms. The second-order valence-electron chi connectivity index (χ2n) is 5.67. The first-order chi connectivity index (χ1) is 9.22. The Bertz CT molecular complexity index is 552. The van der Waals surface area contributed by atoms with Crippen LogP contribution in [0.15, 0.2) is 24.5 Å². The van der Waals surface area contributed by atoms with Crippen molar-refractivity contribution in [2.45, 2.75) is 44.3 Å². The van der Waals surface area contributed by atoms with Crippen LogP contribution in [0, 0.1) is 0 Å². The van der Waals surface area contributed by atoms with E-state index in [1.165, 1.54) is 23.9 Å². The molecule has 2 aromatic rings. The van der Waals surface area contributed by atoms with Crippen LogP contribution in [0.2, 0.25) is 0 Å². The van der Waals surface area contributed by atoms with Crippen LogP contribution in [0.1, 0.15) is 31.2 Å². The van der Waals surface area contributed by atoms with Crippen molar-refractivity contribution in [3.63, 3.8) is 0 Å². The number of nitrogens with zero attached hydrogens (tertiary/aromatic N) is 2. The Morgan fingerprint density at radius 3 is 2.89 bits per heavy atom. The van der Waals surface area contributed by atoms with Crippen LogP contribution in [0.25, 0.3) is 11.0 Å². The van der Waals surface area contributed by atoms with E-state index in [0.29, 0.717) is 12.1 Å². The minimum atomic E-state index is 0.419. The maximum Gasteiger partial charge on any atom is 0.0955 e. The number of benzene rings is 1. The van der Waals surface area contributed by atoms with Crippen molar-refractivity contribution < 1.29 is 0 Å². The number of hydrogen-bond acceptors (Lipinski definition) is 3. The summed E-state index contributed by atoms with van der Waals surface area (Å²) in [7, 11) is 2.03. The fourth-order valence-electron chi connectivity index (χ4n) is 2.88. The summed E-state index contributed by atoms with van der Waals surface area (Å²) in [5.41, 5.74) is 9.50. The summed E-state index contributed by atoms with van der Waals surface area (Å²) < 4.78 is 2.05. The third kappa shape index (κ3) is 2.80. The highest BCUT2D eigenvalue weighted by atomic mass is 15.0. The molecule has 4 nitrogen and oxygen atoms in total. The van der Waals surface area contributed by atoms with Crippen LogP contribution >= 0.6 is 0 Å². The maximum absolute atomic E-state index is 5.93. The highest BCUT2D eigenvalue weighted by Crippen LogP contribution is 2.18. The summed E-state index contributed by atoms with van der Waals surface area (Å²) in [6.07, 6.45) is 6.57. The predicted molar refractivity (Wildman–Crippen MR) is 77.8 cm³/mol. The topological polar surface area (TPSA) is 55.9 Å². The molecular formula is C15H22N4. The third-order valence-corrected chi connectivity index (χ3v) is 4.16. The Morgan fingerprint density at radius 2 is 2.11 bits per heavy atom. The van der Waals surface area contributed by atoms with E-state index in [1.54, 1.807) is 0 Å². The van der Waals surface area contributed by atoms with Gasteiger partial charge in [0, 0.05) is 25.7 Å². The number of nitrogens with two attached hydrogens (primary N) is 1. The van der Waals surface area contributed by atoms with Gasteiger partial charge in [-0.25, -0.2) is 4.98 Å². The Balaban J connectivity index is 1.62. The average Bonchev–Trinajstić information content (AvgIpc) is 2.79. The Labute approximate surface area is 114 Å². The molecule has 0 bridgehead atoms. The minimum Gasteiger partial charge on any atom is -0.334 e. The molecular weight excluding hydrogens is 236 g/mol. The van der Waals surface area contributed by atoms with E-state index < -0.39 is 0 Å². The van der Waals surface area contributed by atoms with Gasteiger partial charge in [0.2, 0.25) is 0 Å². The molecule has 102 valence electrons. The zero-order valence-electron chi connectivity index (χ0n) is 11.5. The predicted octanol–water partition coefficient (Wildman–Crippen LogP) is 1.93. The van der Waals surface area contributed by atoms with Gasteiger partial charge in [-0.3, -0.25) is 0 Å². The van der Waals surface area contributed by atoms with Crippen LogP contribution in [0.4, 0.5) is 0 Å². The van der Waals surface area contributed by atoms with Crippen molar-refractivity contribution in [2.75, 3.05) is 0 Å². The third-order valence-electron chi connectivity index (χ3n) is 4.16.